The summed E-state index contributed by atoms with van der Waals surface area (Å²) in [6.07, 6.45) is 2.82. The maximum atomic E-state index is 12.0. The number of hydrogen-bond acceptors (Lipinski definition) is 4. The van der Waals surface area contributed by atoms with Crippen LogP contribution in [0, 0.1) is 5.92 Å². The van der Waals surface area contributed by atoms with E-state index in [1.807, 2.05) is 13.0 Å². The molecule has 1 N–H and O–H groups in total. The van der Waals surface area contributed by atoms with Crippen LogP contribution in [0.4, 0.5) is 5.82 Å². The highest BCUT2D eigenvalue weighted by Crippen LogP contribution is 2.25. The third-order valence-corrected chi connectivity index (χ3v) is 3.36. The summed E-state index contributed by atoms with van der Waals surface area (Å²) in [5.74, 6) is 1.25. The van der Waals surface area contributed by atoms with Gasteiger partial charge in [0.2, 0.25) is 0 Å². The maximum Gasteiger partial charge on any atom is 0.255 e. The number of nitrogens with zero attached hydrogens (tertiary/aromatic N) is 2. The largest absolute Gasteiger partial charge is 0.384 e. The molecule has 0 unspecified atom stereocenters. The standard InChI is InChI=1S/C14H21N3O2/c1-3-15-14(18)12-5-4-7-16-13(12)17-8-6-11(9-17)10-19-2/h4-5,7,11H,3,6,8-10H2,1-2H3,(H,15,18)/t11-/m1/s1. The van der Waals surface area contributed by atoms with Gasteiger partial charge < -0.3 is 15.0 Å². The Morgan fingerprint density at radius 1 is 1.63 bits per heavy atom. The van der Waals surface area contributed by atoms with Crippen molar-refractivity contribution in [3.63, 3.8) is 0 Å². The molecule has 19 heavy (non-hydrogen) atoms. The second-order valence-corrected chi connectivity index (χ2v) is 4.79. The lowest BCUT2D eigenvalue weighted by molar-refractivity contribution is 0.0956. The number of carbonyl (C=O) groups excluding carboxylic acids is 1. The van der Waals surface area contributed by atoms with Gasteiger partial charge in [-0.15, -0.1) is 0 Å². The molecule has 1 aromatic heterocycles. The van der Waals surface area contributed by atoms with Gasteiger partial charge in [-0.1, -0.05) is 0 Å². The van der Waals surface area contributed by atoms with Crippen LogP contribution in [-0.2, 0) is 4.74 Å². The van der Waals surface area contributed by atoms with E-state index in [9.17, 15) is 4.79 Å². The molecule has 1 amide bonds. The number of rotatable bonds is 5. The van der Waals surface area contributed by atoms with Gasteiger partial charge in [0.1, 0.15) is 5.82 Å². The molecule has 1 aliphatic rings. The lowest BCUT2D eigenvalue weighted by Gasteiger charge is -2.20. The first-order valence-electron chi connectivity index (χ1n) is 6.73. The summed E-state index contributed by atoms with van der Waals surface area (Å²) in [4.78, 5) is 18.6. The molecule has 0 aromatic carbocycles. The molecule has 0 radical (unpaired) electrons. The van der Waals surface area contributed by atoms with E-state index in [4.69, 9.17) is 4.74 Å². The van der Waals surface area contributed by atoms with Crippen LogP contribution in [0.1, 0.15) is 23.7 Å². The van der Waals surface area contributed by atoms with Crippen LogP contribution >= 0.6 is 0 Å². The van der Waals surface area contributed by atoms with E-state index < -0.39 is 0 Å². The average molecular weight is 263 g/mol. The minimum absolute atomic E-state index is 0.0548. The SMILES string of the molecule is CCNC(=O)c1cccnc1N1CC[C@@H](COC)C1. The number of ether oxygens (including phenoxy) is 1. The summed E-state index contributed by atoms with van der Waals surface area (Å²) in [5.41, 5.74) is 0.655. The molecule has 104 valence electrons. The first-order chi connectivity index (χ1) is 9.26. The van der Waals surface area contributed by atoms with Gasteiger partial charge in [0, 0.05) is 38.9 Å². The topological polar surface area (TPSA) is 54.5 Å². The number of pyridine rings is 1. The molecule has 2 rings (SSSR count). The molecule has 0 spiro atoms. The Hall–Kier alpha value is -1.62. The molecular weight excluding hydrogens is 242 g/mol. The van der Waals surface area contributed by atoms with Crippen molar-refractivity contribution in [1.82, 2.24) is 10.3 Å². The number of amides is 1. The molecule has 0 aliphatic carbocycles. The summed E-state index contributed by atoms with van der Waals surface area (Å²) in [7, 11) is 1.73. The average Bonchev–Trinajstić information content (AvgIpc) is 2.88. The van der Waals surface area contributed by atoms with Crippen molar-refractivity contribution in [1.29, 1.82) is 0 Å². The summed E-state index contributed by atoms with van der Waals surface area (Å²) in [6.45, 7) is 5.13. The van der Waals surface area contributed by atoms with Crippen LogP contribution in [0.5, 0.6) is 0 Å². The first-order valence-corrected chi connectivity index (χ1v) is 6.73. The van der Waals surface area contributed by atoms with Crippen LogP contribution in [-0.4, -0.2) is 44.2 Å². The molecule has 1 aromatic rings. The molecule has 0 saturated carbocycles. The first kappa shape index (κ1) is 13.8. The number of anilines is 1. The molecule has 0 bridgehead atoms. The van der Waals surface area contributed by atoms with Crippen molar-refractivity contribution in [3.05, 3.63) is 23.9 Å². The zero-order chi connectivity index (χ0) is 13.7. The fourth-order valence-electron chi connectivity index (χ4n) is 2.48. The Bertz CT molecular complexity index is 436. The third-order valence-electron chi connectivity index (χ3n) is 3.36. The van der Waals surface area contributed by atoms with Gasteiger partial charge in [-0.05, 0) is 25.5 Å². The van der Waals surface area contributed by atoms with Crippen molar-refractivity contribution in [2.24, 2.45) is 5.92 Å². The molecular formula is C14H21N3O2. The predicted molar refractivity (Wildman–Crippen MR) is 74.4 cm³/mol. The quantitative estimate of drug-likeness (QED) is 0.870. The minimum Gasteiger partial charge on any atom is -0.384 e. The van der Waals surface area contributed by atoms with E-state index >= 15 is 0 Å². The van der Waals surface area contributed by atoms with Gasteiger partial charge in [-0.25, -0.2) is 4.98 Å². The van der Waals surface area contributed by atoms with Crippen LogP contribution in [0.3, 0.4) is 0 Å². The third kappa shape index (κ3) is 3.23. The van der Waals surface area contributed by atoms with Gasteiger partial charge in [0.15, 0.2) is 0 Å². The van der Waals surface area contributed by atoms with Crippen molar-refractivity contribution in [2.45, 2.75) is 13.3 Å². The fraction of sp³-hybridized carbons (Fsp3) is 0.571. The highest BCUT2D eigenvalue weighted by atomic mass is 16.5. The number of methoxy groups -OCH3 is 1. The Labute approximate surface area is 114 Å². The van der Waals surface area contributed by atoms with E-state index in [0.717, 1.165) is 31.9 Å². The highest BCUT2D eigenvalue weighted by Gasteiger charge is 2.26. The van der Waals surface area contributed by atoms with Crippen molar-refractivity contribution in [3.8, 4) is 0 Å². The molecule has 5 heteroatoms. The lowest BCUT2D eigenvalue weighted by Crippen LogP contribution is -2.28. The van der Waals surface area contributed by atoms with E-state index in [1.165, 1.54) is 0 Å². The monoisotopic (exact) mass is 263 g/mol. The van der Waals surface area contributed by atoms with Gasteiger partial charge in [0.25, 0.3) is 5.91 Å². The van der Waals surface area contributed by atoms with E-state index in [-0.39, 0.29) is 5.91 Å². The molecule has 5 nitrogen and oxygen atoms in total. The number of aromatic nitrogens is 1. The van der Waals surface area contributed by atoms with Crippen molar-refractivity contribution in [2.75, 3.05) is 38.3 Å². The normalized spacial score (nSPS) is 18.6. The van der Waals surface area contributed by atoms with E-state index in [2.05, 4.69) is 15.2 Å². The number of carbonyl (C=O) groups is 1. The fourth-order valence-corrected chi connectivity index (χ4v) is 2.48. The minimum atomic E-state index is -0.0548. The summed E-state index contributed by atoms with van der Waals surface area (Å²) >= 11 is 0. The Morgan fingerprint density at radius 2 is 2.47 bits per heavy atom. The summed E-state index contributed by atoms with van der Waals surface area (Å²) in [5, 5.41) is 2.83. The summed E-state index contributed by atoms with van der Waals surface area (Å²) in [6, 6.07) is 3.63. The van der Waals surface area contributed by atoms with Gasteiger partial charge in [0.05, 0.1) is 12.2 Å². The van der Waals surface area contributed by atoms with Gasteiger partial charge in [-0.2, -0.15) is 0 Å². The second-order valence-electron chi connectivity index (χ2n) is 4.79. The Balaban J connectivity index is 2.14. The van der Waals surface area contributed by atoms with E-state index in [0.29, 0.717) is 18.0 Å². The van der Waals surface area contributed by atoms with Crippen molar-refractivity contribution < 1.29 is 9.53 Å². The molecule has 1 fully saturated rings. The maximum absolute atomic E-state index is 12.0. The Morgan fingerprint density at radius 3 is 3.21 bits per heavy atom. The van der Waals surface area contributed by atoms with Gasteiger partial charge in [-0.3, -0.25) is 4.79 Å². The van der Waals surface area contributed by atoms with E-state index in [1.54, 1.807) is 19.4 Å². The summed E-state index contributed by atoms with van der Waals surface area (Å²) < 4.78 is 5.20. The number of nitrogens with one attached hydrogen (secondary N) is 1. The second kappa shape index (κ2) is 6.52. The van der Waals surface area contributed by atoms with Crippen LogP contribution in [0.15, 0.2) is 18.3 Å². The van der Waals surface area contributed by atoms with Gasteiger partial charge >= 0.3 is 0 Å². The molecule has 1 atom stereocenters. The lowest BCUT2D eigenvalue weighted by atomic mass is 10.1. The zero-order valence-electron chi connectivity index (χ0n) is 11.6. The zero-order valence-corrected chi connectivity index (χ0v) is 11.6. The van der Waals surface area contributed by atoms with Crippen molar-refractivity contribution >= 4 is 11.7 Å². The highest BCUT2D eigenvalue weighted by molar-refractivity contribution is 5.98. The van der Waals surface area contributed by atoms with Crippen LogP contribution in [0.25, 0.3) is 0 Å². The molecule has 1 aliphatic heterocycles. The predicted octanol–water partition coefficient (Wildman–Crippen LogP) is 1.30. The van der Waals surface area contributed by atoms with Crippen LogP contribution < -0.4 is 10.2 Å². The smallest absolute Gasteiger partial charge is 0.255 e. The Kier molecular flexibility index (Phi) is 4.74. The molecule has 1 saturated heterocycles. The number of hydrogen-bond donors (Lipinski definition) is 1. The molecule has 2 heterocycles. The van der Waals surface area contributed by atoms with Crippen LogP contribution in [0.2, 0.25) is 0 Å².